The molecule has 1 aromatic carbocycles. The number of nitrogens with two attached hydrogens (primary N) is 1. The molecule has 3 rings (SSSR count). The Kier molecular flexibility index (Phi) is 3.75. The number of sulfonamides is 1. The zero-order chi connectivity index (χ0) is 14.9. The Morgan fingerprint density at radius 2 is 2.24 bits per heavy atom. The second-order valence-corrected chi connectivity index (χ2v) is 7.54. The van der Waals surface area contributed by atoms with E-state index in [4.69, 9.17) is 5.73 Å². The molecule has 114 valence electrons. The Bertz CT molecular complexity index is 653. The molecule has 0 spiro atoms. The summed E-state index contributed by atoms with van der Waals surface area (Å²) in [5.74, 6) is 0.685. The van der Waals surface area contributed by atoms with Gasteiger partial charge in [-0.25, -0.2) is 13.4 Å². The van der Waals surface area contributed by atoms with Crippen LogP contribution in [-0.4, -0.2) is 32.7 Å². The summed E-state index contributed by atoms with van der Waals surface area (Å²) < 4.78 is 25.4. The minimum Gasteiger partial charge on any atom is -0.370 e. The van der Waals surface area contributed by atoms with Gasteiger partial charge in [0, 0.05) is 12.6 Å². The molecule has 2 fully saturated rings. The summed E-state index contributed by atoms with van der Waals surface area (Å²) in [7, 11) is -3.14. The number of aliphatic imine (C=N–C) groups is 1. The summed E-state index contributed by atoms with van der Waals surface area (Å²) in [5, 5.41) is 3.13. The predicted octanol–water partition coefficient (Wildman–Crippen LogP) is 0.793. The number of rotatable bonds is 4. The molecule has 0 atom stereocenters. The van der Waals surface area contributed by atoms with Crippen molar-refractivity contribution in [3.63, 3.8) is 0 Å². The predicted molar refractivity (Wildman–Crippen MR) is 83.7 cm³/mol. The molecule has 0 unspecified atom stereocenters. The topological polar surface area (TPSA) is 87.8 Å². The van der Waals surface area contributed by atoms with Crippen molar-refractivity contribution in [2.75, 3.05) is 16.6 Å². The van der Waals surface area contributed by atoms with E-state index in [2.05, 4.69) is 10.3 Å². The van der Waals surface area contributed by atoms with Gasteiger partial charge in [0.05, 0.1) is 18.0 Å². The SMILES string of the molecule is NC(=NCc1cccc(N2CCCS2(=O)=O)c1)NC1CC1. The fourth-order valence-corrected chi connectivity index (χ4v) is 3.95. The molecule has 7 heteroatoms. The number of hydrogen-bond acceptors (Lipinski definition) is 3. The fraction of sp³-hybridized carbons (Fsp3) is 0.500. The van der Waals surface area contributed by atoms with E-state index in [1.54, 1.807) is 0 Å². The van der Waals surface area contributed by atoms with E-state index in [0.717, 1.165) is 18.4 Å². The lowest BCUT2D eigenvalue weighted by molar-refractivity contribution is 0.599. The maximum atomic E-state index is 11.9. The quantitative estimate of drug-likeness (QED) is 0.636. The fourth-order valence-electron chi connectivity index (χ4n) is 2.40. The van der Waals surface area contributed by atoms with Crippen LogP contribution in [0, 0.1) is 0 Å². The molecule has 0 amide bonds. The summed E-state index contributed by atoms with van der Waals surface area (Å²) in [6.45, 7) is 1.01. The molecule has 0 radical (unpaired) electrons. The molecule has 1 heterocycles. The average Bonchev–Trinajstić information content (AvgIpc) is 3.18. The number of nitrogens with zero attached hydrogens (tertiary/aromatic N) is 2. The van der Waals surface area contributed by atoms with E-state index in [9.17, 15) is 8.42 Å². The van der Waals surface area contributed by atoms with Crippen molar-refractivity contribution in [1.82, 2.24) is 5.32 Å². The Labute approximate surface area is 125 Å². The van der Waals surface area contributed by atoms with Gasteiger partial charge in [-0.1, -0.05) is 12.1 Å². The first kappa shape index (κ1) is 14.2. The van der Waals surface area contributed by atoms with Crippen LogP contribution < -0.4 is 15.4 Å². The molecular formula is C14H20N4O2S. The van der Waals surface area contributed by atoms with E-state index < -0.39 is 10.0 Å². The van der Waals surface area contributed by atoms with Crippen LogP contribution in [0.25, 0.3) is 0 Å². The van der Waals surface area contributed by atoms with Crippen LogP contribution in [0.4, 0.5) is 5.69 Å². The Morgan fingerprint density at radius 1 is 1.43 bits per heavy atom. The number of anilines is 1. The maximum Gasteiger partial charge on any atom is 0.235 e. The van der Waals surface area contributed by atoms with E-state index in [1.165, 1.54) is 4.31 Å². The summed E-state index contributed by atoms with van der Waals surface area (Å²) in [5.41, 5.74) is 7.47. The third-order valence-corrected chi connectivity index (χ3v) is 5.53. The average molecular weight is 308 g/mol. The summed E-state index contributed by atoms with van der Waals surface area (Å²) in [6, 6.07) is 7.96. The van der Waals surface area contributed by atoms with Crippen LogP contribution in [-0.2, 0) is 16.6 Å². The van der Waals surface area contributed by atoms with Crippen molar-refractivity contribution >= 4 is 21.7 Å². The molecule has 1 aliphatic carbocycles. The lowest BCUT2D eigenvalue weighted by atomic mass is 10.2. The molecule has 21 heavy (non-hydrogen) atoms. The molecular weight excluding hydrogens is 288 g/mol. The Hall–Kier alpha value is -1.76. The molecule has 0 aromatic heterocycles. The highest BCUT2D eigenvalue weighted by Gasteiger charge is 2.28. The highest BCUT2D eigenvalue weighted by molar-refractivity contribution is 7.93. The highest BCUT2D eigenvalue weighted by Crippen LogP contribution is 2.25. The zero-order valence-electron chi connectivity index (χ0n) is 11.8. The second-order valence-electron chi connectivity index (χ2n) is 5.53. The number of guanidine groups is 1. The first-order chi connectivity index (χ1) is 10.0. The van der Waals surface area contributed by atoms with Crippen molar-refractivity contribution in [2.24, 2.45) is 10.7 Å². The molecule has 3 N–H and O–H groups in total. The van der Waals surface area contributed by atoms with Crippen LogP contribution in [0.3, 0.4) is 0 Å². The smallest absolute Gasteiger partial charge is 0.235 e. The maximum absolute atomic E-state index is 11.9. The van der Waals surface area contributed by atoms with Crippen LogP contribution >= 0.6 is 0 Å². The summed E-state index contributed by atoms with van der Waals surface area (Å²) >= 11 is 0. The van der Waals surface area contributed by atoms with Gasteiger partial charge in [0.25, 0.3) is 0 Å². The molecule has 1 aromatic rings. The standard InChI is InChI=1S/C14H20N4O2S/c15-14(17-12-5-6-12)16-10-11-3-1-4-13(9-11)18-7-2-8-21(18,19)20/h1,3-4,9,12H,2,5-8,10H2,(H3,15,16,17). The van der Waals surface area contributed by atoms with Gasteiger partial charge in [0.1, 0.15) is 0 Å². The largest absolute Gasteiger partial charge is 0.370 e. The van der Waals surface area contributed by atoms with Crippen molar-refractivity contribution in [3.8, 4) is 0 Å². The molecule has 1 aliphatic heterocycles. The number of nitrogens with one attached hydrogen (secondary N) is 1. The van der Waals surface area contributed by atoms with Gasteiger partial charge in [-0.05, 0) is 37.0 Å². The van der Waals surface area contributed by atoms with Crippen LogP contribution in [0.5, 0.6) is 0 Å². The first-order valence-electron chi connectivity index (χ1n) is 7.20. The Balaban J connectivity index is 1.71. The number of hydrogen-bond donors (Lipinski definition) is 2. The third-order valence-electron chi connectivity index (χ3n) is 3.66. The van der Waals surface area contributed by atoms with Crippen LogP contribution in [0.2, 0.25) is 0 Å². The third kappa shape index (κ3) is 3.47. The normalized spacial score (nSPS) is 21.5. The molecule has 0 bridgehead atoms. The lowest BCUT2D eigenvalue weighted by Gasteiger charge is -2.17. The van der Waals surface area contributed by atoms with Gasteiger partial charge < -0.3 is 11.1 Å². The van der Waals surface area contributed by atoms with Gasteiger partial charge in [0.2, 0.25) is 10.0 Å². The highest BCUT2D eigenvalue weighted by atomic mass is 32.2. The summed E-state index contributed by atoms with van der Waals surface area (Å²) in [4.78, 5) is 4.29. The van der Waals surface area contributed by atoms with E-state index in [1.807, 2.05) is 24.3 Å². The van der Waals surface area contributed by atoms with Gasteiger partial charge >= 0.3 is 0 Å². The van der Waals surface area contributed by atoms with Gasteiger partial charge in [-0.3, -0.25) is 4.31 Å². The van der Waals surface area contributed by atoms with Crippen LogP contribution in [0.1, 0.15) is 24.8 Å². The molecule has 6 nitrogen and oxygen atoms in total. The number of benzene rings is 1. The second kappa shape index (κ2) is 5.55. The van der Waals surface area contributed by atoms with Gasteiger partial charge in [-0.2, -0.15) is 0 Å². The van der Waals surface area contributed by atoms with E-state index >= 15 is 0 Å². The van der Waals surface area contributed by atoms with Gasteiger partial charge in [0.15, 0.2) is 5.96 Å². The monoisotopic (exact) mass is 308 g/mol. The van der Waals surface area contributed by atoms with E-state index in [-0.39, 0.29) is 5.75 Å². The minimum absolute atomic E-state index is 0.230. The molecule has 1 saturated carbocycles. The first-order valence-corrected chi connectivity index (χ1v) is 8.81. The van der Waals surface area contributed by atoms with E-state index in [0.29, 0.717) is 37.2 Å². The molecule has 2 aliphatic rings. The summed E-state index contributed by atoms with van der Waals surface area (Å²) in [6.07, 6.45) is 2.99. The van der Waals surface area contributed by atoms with Gasteiger partial charge in [-0.15, -0.1) is 0 Å². The zero-order valence-corrected chi connectivity index (χ0v) is 12.6. The minimum atomic E-state index is -3.14. The van der Waals surface area contributed by atoms with Crippen molar-refractivity contribution in [2.45, 2.75) is 31.8 Å². The van der Waals surface area contributed by atoms with Crippen molar-refractivity contribution < 1.29 is 8.42 Å². The molecule has 1 saturated heterocycles. The van der Waals surface area contributed by atoms with Crippen molar-refractivity contribution in [3.05, 3.63) is 29.8 Å². The van der Waals surface area contributed by atoms with Crippen molar-refractivity contribution in [1.29, 1.82) is 0 Å². The lowest BCUT2D eigenvalue weighted by Crippen LogP contribution is -2.33. The Morgan fingerprint density at radius 3 is 2.90 bits per heavy atom. The van der Waals surface area contributed by atoms with Crippen LogP contribution in [0.15, 0.2) is 29.3 Å².